The average molecular weight is 392 g/mol. The Morgan fingerprint density at radius 3 is 2.72 bits per heavy atom. The standard InChI is InChI=1S/C22H24N4O3/c27-20-18(12-24-22(29)25-20)14-26(13-15-6-2-1-3-7-15)21(28)17-10-16-8-4-5-9-19(16)23-11-17/h4-5,8-12,15H,1-3,6-7,13-14H2,(H2,24,25,27,29). The summed E-state index contributed by atoms with van der Waals surface area (Å²) in [6, 6.07) is 9.50. The third-order valence-electron chi connectivity index (χ3n) is 5.59. The van der Waals surface area contributed by atoms with Gasteiger partial charge in [0.2, 0.25) is 0 Å². The lowest BCUT2D eigenvalue weighted by atomic mass is 9.88. The number of benzene rings is 1. The monoisotopic (exact) mass is 392 g/mol. The van der Waals surface area contributed by atoms with Gasteiger partial charge in [-0.15, -0.1) is 0 Å². The third kappa shape index (κ3) is 4.45. The number of aromatic amines is 2. The molecule has 0 spiro atoms. The first-order chi connectivity index (χ1) is 14.1. The van der Waals surface area contributed by atoms with E-state index >= 15 is 0 Å². The van der Waals surface area contributed by atoms with E-state index in [-0.39, 0.29) is 12.5 Å². The number of pyridine rings is 1. The van der Waals surface area contributed by atoms with Crippen LogP contribution in [0.25, 0.3) is 10.9 Å². The SMILES string of the molecule is O=C(c1cnc2ccccc2c1)N(Cc1c[nH]c(=O)[nH]c1=O)CC1CCCCC1. The van der Waals surface area contributed by atoms with E-state index in [0.29, 0.717) is 23.6 Å². The van der Waals surface area contributed by atoms with Gasteiger partial charge < -0.3 is 9.88 Å². The number of carbonyl (C=O) groups is 1. The van der Waals surface area contributed by atoms with E-state index in [2.05, 4.69) is 15.0 Å². The molecule has 0 unspecified atom stereocenters. The van der Waals surface area contributed by atoms with Gasteiger partial charge in [0.1, 0.15) is 0 Å². The highest BCUT2D eigenvalue weighted by Crippen LogP contribution is 2.25. The summed E-state index contributed by atoms with van der Waals surface area (Å²) in [4.78, 5) is 47.7. The molecular formula is C22H24N4O3. The summed E-state index contributed by atoms with van der Waals surface area (Å²) >= 11 is 0. The molecule has 0 atom stereocenters. The van der Waals surface area contributed by atoms with Gasteiger partial charge in [0.05, 0.1) is 23.2 Å². The van der Waals surface area contributed by atoms with Crippen LogP contribution in [0.5, 0.6) is 0 Å². The van der Waals surface area contributed by atoms with Crippen molar-refractivity contribution in [1.82, 2.24) is 19.9 Å². The number of hydrogen-bond donors (Lipinski definition) is 2. The lowest BCUT2D eigenvalue weighted by Gasteiger charge is -2.29. The summed E-state index contributed by atoms with van der Waals surface area (Å²) in [6.45, 7) is 0.735. The normalized spacial score (nSPS) is 14.8. The molecule has 2 aromatic heterocycles. The molecule has 1 fully saturated rings. The molecule has 0 radical (unpaired) electrons. The number of para-hydroxylation sites is 1. The van der Waals surface area contributed by atoms with Gasteiger partial charge in [0, 0.05) is 24.3 Å². The summed E-state index contributed by atoms with van der Waals surface area (Å²) in [5.74, 6) is 0.266. The van der Waals surface area contributed by atoms with Crippen molar-refractivity contribution in [3.05, 3.63) is 74.7 Å². The predicted molar refractivity (Wildman–Crippen MR) is 111 cm³/mol. The van der Waals surface area contributed by atoms with Crippen LogP contribution in [0.3, 0.4) is 0 Å². The first-order valence-corrected chi connectivity index (χ1v) is 10.0. The Hall–Kier alpha value is -3.22. The van der Waals surface area contributed by atoms with E-state index in [1.54, 1.807) is 11.1 Å². The largest absolute Gasteiger partial charge is 0.334 e. The first kappa shape index (κ1) is 19.1. The highest BCUT2D eigenvalue weighted by Gasteiger charge is 2.23. The zero-order valence-corrected chi connectivity index (χ0v) is 16.2. The Kier molecular flexibility index (Phi) is 5.55. The van der Waals surface area contributed by atoms with Crippen molar-refractivity contribution in [3.8, 4) is 0 Å². The quantitative estimate of drug-likeness (QED) is 0.697. The fourth-order valence-electron chi connectivity index (χ4n) is 4.03. The second-order valence-electron chi connectivity index (χ2n) is 7.70. The van der Waals surface area contributed by atoms with Gasteiger partial charge in [-0.05, 0) is 30.9 Å². The van der Waals surface area contributed by atoms with E-state index in [1.807, 2.05) is 30.3 Å². The fraction of sp³-hybridized carbons (Fsp3) is 0.364. The zero-order chi connectivity index (χ0) is 20.2. The second-order valence-corrected chi connectivity index (χ2v) is 7.70. The zero-order valence-electron chi connectivity index (χ0n) is 16.2. The van der Waals surface area contributed by atoms with Gasteiger partial charge in [0.15, 0.2) is 0 Å². The molecule has 1 aliphatic rings. The maximum Gasteiger partial charge on any atom is 0.325 e. The minimum Gasteiger partial charge on any atom is -0.334 e. The molecule has 0 saturated heterocycles. The van der Waals surface area contributed by atoms with Gasteiger partial charge in [-0.25, -0.2) is 4.79 Å². The van der Waals surface area contributed by atoms with Crippen molar-refractivity contribution in [2.24, 2.45) is 5.92 Å². The number of fused-ring (bicyclic) bond motifs is 1. The van der Waals surface area contributed by atoms with Crippen LogP contribution in [0.4, 0.5) is 0 Å². The molecule has 2 N–H and O–H groups in total. The number of aromatic nitrogens is 3. The van der Waals surface area contributed by atoms with Gasteiger partial charge >= 0.3 is 5.69 Å². The molecule has 7 nitrogen and oxygen atoms in total. The van der Waals surface area contributed by atoms with E-state index in [4.69, 9.17) is 0 Å². The van der Waals surface area contributed by atoms with Crippen LogP contribution >= 0.6 is 0 Å². The number of nitrogens with zero attached hydrogens (tertiary/aromatic N) is 2. The Morgan fingerprint density at radius 1 is 1.14 bits per heavy atom. The van der Waals surface area contributed by atoms with Crippen molar-refractivity contribution >= 4 is 16.8 Å². The van der Waals surface area contributed by atoms with E-state index in [1.165, 1.54) is 25.5 Å². The Morgan fingerprint density at radius 2 is 1.93 bits per heavy atom. The van der Waals surface area contributed by atoms with E-state index in [0.717, 1.165) is 23.7 Å². The molecule has 4 rings (SSSR count). The number of rotatable bonds is 5. The van der Waals surface area contributed by atoms with Crippen molar-refractivity contribution in [1.29, 1.82) is 0 Å². The van der Waals surface area contributed by atoms with Crippen LogP contribution in [-0.2, 0) is 6.54 Å². The van der Waals surface area contributed by atoms with Gasteiger partial charge in [0.25, 0.3) is 11.5 Å². The van der Waals surface area contributed by atoms with Gasteiger partial charge in [-0.2, -0.15) is 0 Å². The minimum absolute atomic E-state index is 0.147. The lowest BCUT2D eigenvalue weighted by Crippen LogP contribution is -2.38. The van der Waals surface area contributed by atoms with Crippen LogP contribution in [-0.4, -0.2) is 32.3 Å². The summed E-state index contributed by atoms with van der Waals surface area (Å²) < 4.78 is 0. The number of carbonyl (C=O) groups excluding carboxylic acids is 1. The molecule has 29 heavy (non-hydrogen) atoms. The smallest absolute Gasteiger partial charge is 0.325 e. The van der Waals surface area contributed by atoms with Crippen molar-refractivity contribution in [3.63, 3.8) is 0 Å². The summed E-state index contributed by atoms with van der Waals surface area (Å²) in [5.41, 5.74) is 0.678. The summed E-state index contributed by atoms with van der Waals surface area (Å²) in [7, 11) is 0. The Bertz CT molecular complexity index is 1130. The fourth-order valence-corrected chi connectivity index (χ4v) is 4.03. The van der Waals surface area contributed by atoms with Gasteiger partial charge in [-0.3, -0.25) is 19.6 Å². The van der Waals surface area contributed by atoms with Crippen molar-refractivity contribution in [2.45, 2.75) is 38.6 Å². The molecule has 0 aliphatic heterocycles. The minimum atomic E-state index is -0.553. The molecule has 1 saturated carbocycles. The van der Waals surface area contributed by atoms with E-state index in [9.17, 15) is 14.4 Å². The lowest BCUT2D eigenvalue weighted by molar-refractivity contribution is 0.0698. The molecular weight excluding hydrogens is 368 g/mol. The summed E-state index contributed by atoms with van der Waals surface area (Å²) in [6.07, 6.45) is 8.73. The predicted octanol–water partition coefficient (Wildman–Crippen LogP) is 2.83. The molecule has 3 aromatic rings. The molecule has 0 bridgehead atoms. The van der Waals surface area contributed by atoms with E-state index < -0.39 is 11.2 Å². The van der Waals surface area contributed by atoms with Crippen LogP contribution in [0.2, 0.25) is 0 Å². The number of H-pyrrole nitrogens is 2. The average Bonchev–Trinajstić information content (AvgIpc) is 2.75. The highest BCUT2D eigenvalue weighted by molar-refractivity contribution is 5.97. The van der Waals surface area contributed by atoms with Crippen LogP contribution in [0, 0.1) is 5.92 Å². The van der Waals surface area contributed by atoms with Crippen LogP contribution in [0.1, 0.15) is 48.0 Å². The van der Waals surface area contributed by atoms with Crippen molar-refractivity contribution < 1.29 is 4.79 Å². The molecule has 2 heterocycles. The van der Waals surface area contributed by atoms with Crippen molar-refractivity contribution in [2.75, 3.05) is 6.54 Å². The molecule has 1 aliphatic carbocycles. The highest BCUT2D eigenvalue weighted by atomic mass is 16.2. The third-order valence-corrected chi connectivity index (χ3v) is 5.59. The van der Waals surface area contributed by atoms with Gasteiger partial charge in [-0.1, -0.05) is 37.5 Å². The molecule has 7 heteroatoms. The first-order valence-electron chi connectivity index (χ1n) is 10.0. The summed E-state index contributed by atoms with van der Waals surface area (Å²) in [5, 5.41) is 0.901. The molecule has 150 valence electrons. The number of nitrogens with one attached hydrogen (secondary N) is 2. The van der Waals surface area contributed by atoms with Crippen LogP contribution < -0.4 is 11.2 Å². The maximum absolute atomic E-state index is 13.3. The number of amides is 1. The van der Waals surface area contributed by atoms with Crippen LogP contribution in [0.15, 0.2) is 52.3 Å². The molecule has 1 amide bonds. The second kappa shape index (κ2) is 8.43. The Labute approximate surface area is 167 Å². The Balaban J connectivity index is 1.64. The molecule has 1 aromatic carbocycles. The number of hydrogen-bond acceptors (Lipinski definition) is 4. The maximum atomic E-state index is 13.3. The topological polar surface area (TPSA) is 98.9 Å².